The number of amides is 1. The summed E-state index contributed by atoms with van der Waals surface area (Å²) in [5.41, 5.74) is 3.06. The molecule has 7 heteroatoms. The fraction of sp³-hybridized carbons (Fsp3) is 0.286. The highest BCUT2D eigenvalue weighted by molar-refractivity contribution is 7.16. The van der Waals surface area contributed by atoms with Gasteiger partial charge in [-0.25, -0.2) is 9.78 Å². The second kappa shape index (κ2) is 7.85. The average Bonchev–Trinajstić information content (AvgIpc) is 3.38. The van der Waals surface area contributed by atoms with Gasteiger partial charge in [0.1, 0.15) is 16.6 Å². The number of nitrogens with one attached hydrogen (secondary N) is 1. The molecule has 1 N–H and O–H groups in total. The molecule has 1 aliphatic rings. The van der Waals surface area contributed by atoms with E-state index in [1.807, 2.05) is 49.6 Å². The molecule has 144 valence electrons. The molecule has 0 saturated heterocycles. The fourth-order valence-corrected chi connectivity index (χ4v) is 4.68. The first-order valence-corrected chi connectivity index (χ1v) is 10.8. The van der Waals surface area contributed by atoms with Gasteiger partial charge in [0, 0.05) is 21.7 Å². The van der Waals surface area contributed by atoms with Gasteiger partial charge >= 0.3 is 5.97 Å². The molecule has 1 amide bonds. The number of aromatic nitrogens is 1. The van der Waals surface area contributed by atoms with E-state index in [-0.39, 0.29) is 18.4 Å². The van der Waals surface area contributed by atoms with Crippen LogP contribution >= 0.6 is 22.7 Å². The first-order chi connectivity index (χ1) is 13.5. The van der Waals surface area contributed by atoms with Gasteiger partial charge < -0.3 is 10.1 Å². The highest BCUT2D eigenvalue weighted by Crippen LogP contribution is 2.36. The number of hydrogen-bond donors (Lipinski definition) is 1. The zero-order valence-electron chi connectivity index (χ0n) is 15.7. The van der Waals surface area contributed by atoms with Gasteiger partial charge in [0.15, 0.2) is 0 Å². The monoisotopic (exact) mass is 412 g/mol. The second-order valence-electron chi connectivity index (χ2n) is 6.84. The van der Waals surface area contributed by atoms with Gasteiger partial charge in [0.2, 0.25) is 5.91 Å². The Hall–Kier alpha value is -2.51. The largest absolute Gasteiger partial charge is 0.455 e. The quantitative estimate of drug-likeness (QED) is 0.566. The highest BCUT2D eigenvalue weighted by Gasteiger charge is 2.31. The molecule has 28 heavy (non-hydrogen) atoms. The number of rotatable bonds is 6. The number of hydrogen-bond acceptors (Lipinski definition) is 6. The van der Waals surface area contributed by atoms with Crippen LogP contribution in [0, 0.1) is 19.8 Å². The van der Waals surface area contributed by atoms with Crippen molar-refractivity contribution in [1.82, 2.24) is 4.98 Å². The van der Waals surface area contributed by atoms with Crippen molar-refractivity contribution in [2.45, 2.75) is 33.3 Å². The second-order valence-corrected chi connectivity index (χ2v) is 8.92. The van der Waals surface area contributed by atoms with Crippen LogP contribution in [-0.2, 0) is 16.1 Å². The van der Waals surface area contributed by atoms with Crippen LogP contribution in [0.1, 0.15) is 39.3 Å². The Morgan fingerprint density at radius 3 is 2.68 bits per heavy atom. The van der Waals surface area contributed by atoms with Crippen molar-refractivity contribution in [2.24, 2.45) is 5.92 Å². The van der Waals surface area contributed by atoms with Crippen LogP contribution < -0.4 is 5.32 Å². The van der Waals surface area contributed by atoms with Crippen molar-refractivity contribution >= 4 is 39.6 Å². The highest BCUT2D eigenvalue weighted by atomic mass is 32.1. The van der Waals surface area contributed by atoms with Crippen LogP contribution in [0.2, 0.25) is 0 Å². The van der Waals surface area contributed by atoms with Crippen molar-refractivity contribution < 1.29 is 14.3 Å². The molecule has 0 aliphatic heterocycles. The van der Waals surface area contributed by atoms with E-state index < -0.39 is 5.97 Å². The van der Waals surface area contributed by atoms with Gasteiger partial charge in [-0.2, -0.15) is 0 Å². The SMILES string of the molecule is Cc1sc(NC(=O)C2CC2)c(C(=O)OCc2csc(-c3ccccc3)n2)c1C. The van der Waals surface area contributed by atoms with Gasteiger partial charge in [-0.15, -0.1) is 22.7 Å². The maximum Gasteiger partial charge on any atom is 0.341 e. The van der Waals surface area contributed by atoms with Gasteiger partial charge in [0.25, 0.3) is 0 Å². The summed E-state index contributed by atoms with van der Waals surface area (Å²) >= 11 is 2.94. The molecule has 1 aromatic carbocycles. The predicted octanol–water partition coefficient (Wildman–Crippen LogP) is 5.19. The minimum absolute atomic E-state index is 0.0118. The van der Waals surface area contributed by atoms with Crippen LogP contribution in [0.5, 0.6) is 0 Å². The molecule has 2 aromatic heterocycles. The number of carbonyl (C=O) groups is 2. The Balaban J connectivity index is 1.45. The fourth-order valence-electron chi connectivity index (χ4n) is 2.82. The average molecular weight is 413 g/mol. The third-order valence-electron chi connectivity index (χ3n) is 4.70. The van der Waals surface area contributed by atoms with Crippen LogP contribution in [0.25, 0.3) is 10.6 Å². The van der Waals surface area contributed by atoms with E-state index in [4.69, 9.17) is 4.74 Å². The molecule has 1 fully saturated rings. The number of carbonyl (C=O) groups excluding carboxylic acids is 2. The van der Waals surface area contributed by atoms with Crippen LogP contribution in [0.15, 0.2) is 35.7 Å². The number of nitrogens with zero attached hydrogens (tertiary/aromatic N) is 1. The summed E-state index contributed by atoms with van der Waals surface area (Å²) in [6.45, 7) is 3.92. The van der Waals surface area contributed by atoms with Gasteiger partial charge in [0.05, 0.1) is 11.3 Å². The summed E-state index contributed by atoms with van der Waals surface area (Å²) in [6.07, 6.45) is 1.84. The molecule has 2 heterocycles. The lowest BCUT2D eigenvalue weighted by Crippen LogP contribution is -2.16. The number of thiophene rings is 1. The van der Waals surface area contributed by atoms with Crippen molar-refractivity contribution in [3.63, 3.8) is 0 Å². The zero-order chi connectivity index (χ0) is 19.7. The molecule has 5 nitrogen and oxygen atoms in total. The summed E-state index contributed by atoms with van der Waals surface area (Å²) in [6, 6.07) is 9.90. The van der Waals surface area contributed by atoms with E-state index in [1.54, 1.807) is 0 Å². The Morgan fingerprint density at radius 1 is 1.21 bits per heavy atom. The molecular weight excluding hydrogens is 392 g/mol. The molecule has 0 bridgehead atoms. The van der Waals surface area contributed by atoms with Gasteiger partial charge in [-0.1, -0.05) is 30.3 Å². The lowest BCUT2D eigenvalue weighted by molar-refractivity contribution is -0.117. The van der Waals surface area contributed by atoms with Crippen LogP contribution in [-0.4, -0.2) is 16.9 Å². The smallest absolute Gasteiger partial charge is 0.341 e. The van der Waals surface area contributed by atoms with Crippen LogP contribution in [0.4, 0.5) is 5.00 Å². The maximum atomic E-state index is 12.7. The predicted molar refractivity (Wildman–Crippen MR) is 112 cm³/mol. The molecule has 1 aliphatic carbocycles. The molecule has 0 unspecified atom stereocenters. The third-order valence-corrected chi connectivity index (χ3v) is 6.76. The Bertz CT molecular complexity index is 1020. The summed E-state index contributed by atoms with van der Waals surface area (Å²) in [4.78, 5) is 30.4. The maximum absolute atomic E-state index is 12.7. The summed E-state index contributed by atoms with van der Waals surface area (Å²) in [7, 11) is 0. The molecule has 0 radical (unpaired) electrons. The first-order valence-electron chi connectivity index (χ1n) is 9.10. The number of aryl methyl sites for hydroxylation is 1. The molecule has 1 saturated carbocycles. The first kappa shape index (κ1) is 18.8. The van der Waals surface area contributed by atoms with Crippen molar-refractivity contribution in [2.75, 3.05) is 5.32 Å². The van der Waals surface area contributed by atoms with E-state index in [0.717, 1.165) is 33.9 Å². The van der Waals surface area contributed by atoms with Gasteiger partial charge in [-0.3, -0.25) is 4.79 Å². The lowest BCUT2D eigenvalue weighted by Gasteiger charge is -2.07. The minimum Gasteiger partial charge on any atom is -0.455 e. The van der Waals surface area contributed by atoms with E-state index in [0.29, 0.717) is 16.3 Å². The summed E-state index contributed by atoms with van der Waals surface area (Å²) in [5.74, 6) is -0.359. The van der Waals surface area contributed by atoms with Crippen molar-refractivity contribution in [3.05, 3.63) is 57.4 Å². The lowest BCUT2D eigenvalue weighted by atomic mass is 10.1. The number of anilines is 1. The van der Waals surface area contributed by atoms with Crippen molar-refractivity contribution in [1.29, 1.82) is 0 Å². The molecular formula is C21H20N2O3S2. The number of ether oxygens (including phenoxy) is 1. The molecule has 3 aromatic rings. The third kappa shape index (κ3) is 4.00. The minimum atomic E-state index is -0.429. The van der Waals surface area contributed by atoms with E-state index in [1.165, 1.54) is 22.7 Å². The summed E-state index contributed by atoms with van der Waals surface area (Å²) in [5, 5.41) is 6.28. The molecule has 4 rings (SSSR count). The van der Waals surface area contributed by atoms with Crippen molar-refractivity contribution in [3.8, 4) is 10.6 Å². The molecule has 0 atom stereocenters. The zero-order valence-corrected chi connectivity index (χ0v) is 17.3. The molecule has 0 spiro atoms. The van der Waals surface area contributed by atoms with E-state index in [2.05, 4.69) is 10.3 Å². The number of thiazole rings is 1. The van der Waals surface area contributed by atoms with Crippen LogP contribution in [0.3, 0.4) is 0 Å². The normalized spacial score (nSPS) is 13.4. The Labute approximate surface area is 171 Å². The van der Waals surface area contributed by atoms with Gasteiger partial charge in [-0.05, 0) is 32.3 Å². The topological polar surface area (TPSA) is 68.3 Å². The summed E-state index contributed by atoms with van der Waals surface area (Å²) < 4.78 is 5.52. The standard InChI is InChI=1S/C21H20N2O3S2/c1-12-13(2)28-20(23-18(24)14-8-9-14)17(12)21(25)26-10-16-11-27-19(22-16)15-6-4-3-5-7-15/h3-7,11,14H,8-10H2,1-2H3,(H,23,24). The number of benzene rings is 1. The number of esters is 1. The van der Waals surface area contributed by atoms with E-state index in [9.17, 15) is 9.59 Å². The Morgan fingerprint density at radius 2 is 1.96 bits per heavy atom. The Kier molecular flexibility index (Phi) is 5.28. The van der Waals surface area contributed by atoms with E-state index >= 15 is 0 Å².